The Kier molecular flexibility index (Phi) is 5.29. The fraction of sp³-hybridized carbons (Fsp3) is 0.182. The van der Waals surface area contributed by atoms with Gasteiger partial charge in [0.15, 0.2) is 5.16 Å². The summed E-state index contributed by atoms with van der Waals surface area (Å²) in [6.07, 6.45) is 0. The molecule has 2 N–H and O–H groups in total. The van der Waals surface area contributed by atoms with Crippen molar-refractivity contribution in [2.45, 2.75) is 17.3 Å². The zero-order valence-corrected chi connectivity index (χ0v) is 13.2. The number of halogens is 3. The Morgan fingerprint density at radius 1 is 1.15 bits per heavy atom. The van der Waals surface area contributed by atoms with Crippen LogP contribution in [0.25, 0.3) is 0 Å². The van der Waals surface area contributed by atoms with Gasteiger partial charge >= 0.3 is 0 Å². The maximum atomic E-state index is 8.80. The van der Waals surface area contributed by atoms with Gasteiger partial charge in [-0.1, -0.05) is 41.0 Å². The molecule has 106 valence electrons. The zero-order valence-electron chi connectivity index (χ0n) is 10.1. The van der Waals surface area contributed by atoms with Crippen molar-refractivity contribution in [3.8, 4) is 0 Å². The van der Waals surface area contributed by atoms with Crippen molar-refractivity contribution in [3.05, 3.63) is 39.1 Å². The second kappa shape index (κ2) is 6.78. The van der Waals surface area contributed by atoms with Crippen LogP contribution in [0.5, 0.6) is 0 Å². The van der Waals surface area contributed by atoms with Crippen molar-refractivity contribution in [3.63, 3.8) is 0 Å². The third-order valence-electron chi connectivity index (χ3n) is 2.38. The van der Waals surface area contributed by atoms with Gasteiger partial charge in [0.05, 0.1) is 10.0 Å². The highest BCUT2D eigenvalue weighted by Crippen LogP contribution is 2.35. The Morgan fingerprint density at radius 3 is 2.55 bits per heavy atom. The van der Waals surface area contributed by atoms with Crippen LogP contribution < -0.4 is 5.48 Å². The molecule has 0 radical (unpaired) electrons. The first-order chi connectivity index (χ1) is 9.49. The highest BCUT2D eigenvalue weighted by molar-refractivity contribution is 7.99. The van der Waals surface area contributed by atoms with Gasteiger partial charge < -0.3 is 0 Å². The molecule has 0 saturated carbocycles. The normalized spacial score (nSPS) is 12.2. The van der Waals surface area contributed by atoms with Crippen LogP contribution in [0, 0.1) is 0 Å². The maximum Gasteiger partial charge on any atom is 0.252 e. The molecule has 0 aliphatic rings. The first-order valence-electron chi connectivity index (χ1n) is 5.43. The second-order valence-corrected chi connectivity index (χ2v) is 6.22. The van der Waals surface area contributed by atoms with Crippen molar-refractivity contribution < 1.29 is 5.21 Å². The van der Waals surface area contributed by atoms with Crippen LogP contribution in [-0.4, -0.2) is 20.2 Å². The van der Waals surface area contributed by atoms with E-state index in [1.807, 2.05) is 18.5 Å². The van der Waals surface area contributed by atoms with Crippen LogP contribution in [0.3, 0.4) is 0 Å². The molecular formula is C11H9Cl3N4OS. The summed E-state index contributed by atoms with van der Waals surface area (Å²) in [5.74, 6) is -0.00571. The number of hydrogen-bond donors (Lipinski definition) is 2. The molecule has 1 aromatic heterocycles. The Labute approximate surface area is 134 Å². The van der Waals surface area contributed by atoms with E-state index in [0.29, 0.717) is 15.2 Å². The van der Waals surface area contributed by atoms with E-state index in [1.54, 1.807) is 12.1 Å². The van der Waals surface area contributed by atoms with Crippen LogP contribution in [0.1, 0.15) is 17.7 Å². The van der Waals surface area contributed by atoms with Gasteiger partial charge in [-0.15, -0.1) is 0 Å². The third kappa shape index (κ3) is 3.86. The van der Waals surface area contributed by atoms with Crippen LogP contribution in [0.2, 0.25) is 15.3 Å². The number of thioether (sulfide) groups is 1. The van der Waals surface area contributed by atoms with Crippen molar-refractivity contribution in [2.75, 3.05) is 5.48 Å². The molecular weight excluding hydrogens is 343 g/mol. The summed E-state index contributed by atoms with van der Waals surface area (Å²) in [5.41, 5.74) is 2.81. The first-order valence-corrected chi connectivity index (χ1v) is 7.44. The fourth-order valence-electron chi connectivity index (χ4n) is 1.43. The molecule has 0 spiro atoms. The third-order valence-corrected chi connectivity index (χ3v) is 4.31. The van der Waals surface area contributed by atoms with Gasteiger partial charge in [0.2, 0.25) is 5.28 Å². The maximum absolute atomic E-state index is 8.80. The molecule has 0 bridgehead atoms. The number of aromatic nitrogens is 3. The fourth-order valence-corrected chi connectivity index (χ4v) is 2.82. The van der Waals surface area contributed by atoms with Crippen LogP contribution in [-0.2, 0) is 0 Å². The molecule has 1 aromatic carbocycles. The second-order valence-electron chi connectivity index (χ2n) is 3.76. The van der Waals surface area contributed by atoms with E-state index in [4.69, 9.17) is 40.0 Å². The van der Waals surface area contributed by atoms with E-state index in [2.05, 4.69) is 15.0 Å². The van der Waals surface area contributed by atoms with Gasteiger partial charge in [0.1, 0.15) is 0 Å². The average molecular weight is 352 g/mol. The zero-order chi connectivity index (χ0) is 14.7. The SMILES string of the molecule is CC(Sc1nc(Cl)nc(NO)n1)c1ccc(Cl)c(Cl)c1. The molecule has 0 aliphatic carbocycles. The van der Waals surface area contributed by atoms with Crippen LogP contribution in [0.15, 0.2) is 23.4 Å². The number of benzene rings is 1. The molecule has 1 unspecified atom stereocenters. The van der Waals surface area contributed by atoms with E-state index in [-0.39, 0.29) is 16.5 Å². The number of anilines is 1. The molecule has 0 fully saturated rings. The summed E-state index contributed by atoms with van der Waals surface area (Å²) in [6.45, 7) is 1.97. The molecule has 0 aliphatic heterocycles. The van der Waals surface area contributed by atoms with Gasteiger partial charge in [0.25, 0.3) is 5.95 Å². The highest BCUT2D eigenvalue weighted by atomic mass is 35.5. The predicted molar refractivity (Wildman–Crippen MR) is 81.0 cm³/mol. The molecule has 1 heterocycles. The Hall–Kier alpha value is -0.790. The molecule has 1 atom stereocenters. The van der Waals surface area contributed by atoms with E-state index in [9.17, 15) is 0 Å². The molecule has 2 rings (SSSR count). The lowest BCUT2D eigenvalue weighted by Crippen LogP contribution is -2.01. The van der Waals surface area contributed by atoms with Gasteiger partial charge in [0, 0.05) is 5.25 Å². The van der Waals surface area contributed by atoms with Gasteiger partial charge in [-0.3, -0.25) is 5.21 Å². The molecule has 0 amide bonds. The predicted octanol–water partition coefficient (Wildman–Crippen LogP) is 4.49. The van der Waals surface area contributed by atoms with Gasteiger partial charge in [-0.25, -0.2) is 5.48 Å². The molecule has 5 nitrogen and oxygen atoms in total. The van der Waals surface area contributed by atoms with E-state index < -0.39 is 0 Å². The van der Waals surface area contributed by atoms with Crippen LogP contribution >= 0.6 is 46.6 Å². The molecule has 9 heteroatoms. The summed E-state index contributed by atoms with van der Waals surface area (Å²) in [4.78, 5) is 11.7. The first kappa shape index (κ1) is 15.6. The minimum Gasteiger partial charge on any atom is -0.288 e. The molecule has 2 aromatic rings. The summed E-state index contributed by atoms with van der Waals surface area (Å²) in [6, 6.07) is 5.40. The lowest BCUT2D eigenvalue weighted by atomic mass is 10.2. The lowest BCUT2D eigenvalue weighted by molar-refractivity contribution is 0.381. The number of hydrogen-bond acceptors (Lipinski definition) is 6. The largest absolute Gasteiger partial charge is 0.288 e. The van der Waals surface area contributed by atoms with E-state index >= 15 is 0 Å². The standard InChI is InChI=1S/C11H9Cl3N4OS/c1-5(6-2-3-7(12)8(13)4-6)20-11-16-9(14)15-10(17-11)18-19/h2-5,19H,1H3,(H,15,16,17,18). The van der Waals surface area contributed by atoms with Crippen molar-refractivity contribution in [1.29, 1.82) is 0 Å². The molecule has 20 heavy (non-hydrogen) atoms. The number of nitrogens with one attached hydrogen (secondary N) is 1. The lowest BCUT2D eigenvalue weighted by Gasteiger charge is -2.11. The van der Waals surface area contributed by atoms with E-state index in [0.717, 1.165) is 5.56 Å². The number of nitrogens with zero attached hydrogens (tertiary/aromatic N) is 3. The highest BCUT2D eigenvalue weighted by Gasteiger charge is 2.13. The summed E-state index contributed by atoms with van der Waals surface area (Å²) < 4.78 is 0. The minimum absolute atomic E-state index is 0.000360. The van der Waals surface area contributed by atoms with Crippen LogP contribution in [0.4, 0.5) is 5.95 Å². The van der Waals surface area contributed by atoms with Crippen molar-refractivity contribution in [1.82, 2.24) is 15.0 Å². The quantitative estimate of drug-likeness (QED) is 0.625. The van der Waals surface area contributed by atoms with E-state index in [1.165, 1.54) is 11.8 Å². The Morgan fingerprint density at radius 2 is 1.90 bits per heavy atom. The summed E-state index contributed by atoms with van der Waals surface area (Å²) >= 11 is 19.0. The summed E-state index contributed by atoms with van der Waals surface area (Å²) in [7, 11) is 0. The molecule has 0 saturated heterocycles. The topological polar surface area (TPSA) is 70.9 Å². The van der Waals surface area contributed by atoms with Crippen molar-refractivity contribution in [2.24, 2.45) is 0 Å². The monoisotopic (exact) mass is 350 g/mol. The van der Waals surface area contributed by atoms with Gasteiger partial charge in [-0.05, 0) is 36.2 Å². The van der Waals surface area contributed by atoms with Gasteiger partial charge in [-0.2, -0.15) is 15.0 Å². The average Bonchev–Trinajstić information content (AvgIpc) is 2.41. The summed E-state index contributed by atoms with van der Waals surface area (Å²) in [5, 5.41) is 10.2. The Bertz CT molecular complexity index is 629. The smallest absolute Gasteiger partial charge is 0.252 e. The minimum atomic E-state index is -0.00571. The van der Waals surface area contributed by atoms with Crippen molar-refractivity contribution >= 4 is 52.5 Å². The number of rotatable bonds is 4. The Balaban J connectivity index is 2.20.